The van der Waals surface area contributed by atoms with Crippen LogP contribution >= 0.6 is 0 Å². The third-order valence-electron chi connectivity index (χ3n) is 2.83. The van der Waals surface area contributed by atoms with Gasteiger partial charge in [-0.25, -0.2) is 0 Å². The van der Waals surface area contributed by atoms with Crippen molar-refractivity contribution in [3.8, 4) is 0 Å². The first-order chi connectivity index (χ1) is 8.24. The second-order valence-corrected chi connectivity index (χ2v) is 4.33. The van der Waals surface area contributed by atoms with Gasteiger partial charge in [-0.3, -0.25) is 9.59 Å². The molecule has 0 saturated carbocycles. The Morgan fingerprint density at radius 1 is 1.24 bits per heavy atom. The molecule has 0 aromatic heterocycles. The van der Waals surface area contributed by atoms with Gasteiger partial charge in [0.1, 0.15) is 0 Å². The summed E-state index contributed by atoms with van der Waals surface area (Å²) in [7, 11) is 0. The lowest BCUT2D eigenvalue weighted by atomic mass is 10.2. The summed E-state index contributed by atoms with van der Waals surface area (Å²) in [5, 5.41) is 6.03. The molecule has 0 radical (unpaired) electrons. The molecule has 5 heteroatoms. The van der Waals surface area contributed by atoms with Crippen molar-refractivity contribution in [1.29, 1.82) is 0 Å². The molecule has 0 aliphatic carbocycles. The zero-order valence-corrected chi connectivity index (χ0v) is 10.6. The van der Waals surface area contributed by atoms with Crippen molar-refractivity contribution < 1.29 is 9.59 Å². The molecule has 0 aromatic rings. The topological polar surface area (TPSA) is 61.4 Å². The van der Waals surface area contributed by atoms with Crippen LogP contribution in [0.15, 0.2) is 0 Å². The lowest BCUT2D eigenvalue weighted by molar-refractivity contribution is -0.133. The zero-order chi connectivity index (χ0) is 12.5. The average molecular weight is 241 g/mol. The molecule has 2 amide bonds. The first kappa shape index (κ1) is 14.0. The molecule has 1 heterocycles. The third-order valence-corrected chi connectivity index (χ3v) is 2.83. The van der Waals surface area contributed by atoms with Gasteiger partial charge in [0.2, 0.25) is 11.8 Å². The average Bonchev–Trinajstić information content (AvgIpc) is 2.62. The van der Waals surface area contributed by atoms with Crippen molar-refractivity contribution >= 4 is 11.8 Å². The van der Waals surface area contributed by atoms with Crippen LogP contribution in [0.4, 0.5) is 0 Å². The van der Waals surface area contributed by atoms with Crippen molar-refractivity contribution in [2.24, 2.45) is 0 Å². The molecule has 1 aliphatic rings. The fraction of sp³-hybridized carbons (Fsp3) is 0.833. The van der Waals surface area contributed by atoms with Gasteiger partial charge in [0.15, 0.2) is 0 Å². The van der Waals surface area contributed by atoms with Gasteiger partial charge in [-0.2, -0.15) is 0 Å². The highest BCUT2D eigenvalue weighted by atomic mass is 16.2. The van der Waals surface area contributed by atoms with E-state index in [-0.39, 0.29) is 11.8 Å². The zero-order valence-electron chi connectivity index (χ0n) is 10.6. The molecule has 17 heavy (non-hydrogen) atoms. The minimum Gasteiger partial charge on any atom is -0.356 e. The molecule has 5 nitrogen and oxygen atoms in total. The van der Waals surface area contributed by atoms with Gasteiger partial charge in [-0.15, -0.1) is 0 Å². The van der Waals surface area contributed by atoms with E-state index in [1.54, 1.807) is 0 Å². The molecule has 0 spiro atoms. The highest BCUT2D eigenvalue weighted by Crippen LogP contribution is 2.01. The van der Waals surface area contributed by atoms with Gasteiger partial charge in [-0.05, 0) is 19.4 Å². The first-order valence-corrected chi connectivity index (χ1v) is 6.49. The molecule has 1 fully saturated rings. The Labute approximate surface area is 103 Å². The summed E-state index contributed by atoms with van der Waals surface area (Å²) in [5.74, 6) is 0.0773. The smallest absolute Gasteiger partial charge is 0.223 e. The number of amides is 2. The number of carbonyl (C=O) groups is 2. The highest BCUT2D eigenvalue weighted by Gasteiger charge is 2.15. The van der Waals surface area contributed by atoms with Gasteiger partial charge in [0.25, 0.3) is 0 Å². The van der Waals surface area contributed by atoms with E-state index in [1.807, 2.05) is 11.8 Å². The maximum Gasteiger partial charge on any atom is 0.223 e. The van der Waals surface area contributed by atoms with E-state index >= 15 is 0 Å². The molecular weight excluding hydrogens is 218 g/mol. The maximum atomic E-state index is 11.8. The Kier molecular flexibility index (Phi) is 6.62. The summed E-state index contributed by atoms with van der Waals surface area (Å²) in [4.78, 5) is 25.1. The second kappa shape index (κ2) is 8.06. The van der Waals surface area contributed by atoms with E-state index in [9.17, 15) is 9.59 Å². The number of hydrogen-bond acceptors (Lipinski definition) is 3. The highest BCUT2D eigenvalue weighted by molar-refractivity contribution is 5.83. The summed E-state index contributed by atoms with van der Waals surface area (Å²) >= 11 is 0. The van der Waals surface area contributed by atoms with Crippen molar-refractivity contribution in [2.45, 2.75) is 32.6 Å². The molecule has 0 atom stereocenters. The maximum absolute atomic E-state index is 11.8. The first-order valence-electron chi connectivity index (χ1n) is 6.49. The predicted molar refractivity (Wildman–Crippen MR) is 66.6 cm³/mol. The van der Waals surface area contributed by atoms with Gasteiger partial charge >= 0.3 is 0 Å². The summed E-state index contributed by atoms with van der Waals surface area (Å²) in [6.45, 7) is 6.10. The number of hydrogen-bond donors (Lipinski definition) is 2. The summed E-state index contributed by atoms with van der Waals surface area (Å²) in [5.41, 5.74) is 0. The Morgan fingerprint density at radius 3 is 2.82 bits per heavy atom. The summed E-state index contributed by atoms with van der Waals surface area (Å²) in [6, 6.07) is 0. The largest absolute Gasteiger partial charge is 0.356 e. The minimum atomic E-state index is -0.0202. The van der Waals surface area contributed by atoms with Crippen LogP contribution in [-0.2, 0) is 9.59 Å². The number of nitrogens with zero attached hydrogens (tertiary/aromatic N) is 1. The Balaban J connectivity index is 2.21. The normalized spacial score (nSPS) is 16.4. The van der Waals surface area contributed by atoms with Crippen LogP contribution in [0.2, 0.25) is 0 Å². The molecule has 0 bridgehead atoms. The molecule has 0 aromatic carbocycles. The van der Waals surface area contributed by atoms with Crippen LogP contribution in [0.1, 0.15) is 32.6 Å². The van der Waals surface area contributed by atoms with E-state index in [0.717, 1.165) is 39.0 Å². The van der Waals surface area contributed by atoms with Gasteiger partial charge in [0.05, 0.1) is 0 Å². The molecular formula is C12H23N3O2. The Hall–Kier alpha value is -1.10. The minimum absolute atomic E-state index is 0.0202. The lowest BCUT2D eigenvalue weighted by Crippen LogP contribution is -2.35. The van der Waals surface area contributed by atoms with E-state index in [4.69, 9.17) is 0 Å². The predicted octanol–water partition coefficient (Wildman–Crippen LogP) is 0.115. The monoisotopic (exact) mass is 241 g/mol. The van der Waals surface area contributed by atoms with Crippen molar-refractivity contribution in [1.82, 2.24) is 15.5 Å². The molecule has 1 rings (SSSR count). The van der Waals surface area contributed by atoms with Gasteiger partial charge in [-0.1, -0.05) is 6.92 Å². The third kappa shape index (κ3) is 5.68. The van der Waals surface area contributed by atoms with Gasteiger partial charge in [0, 0.05) is 39.0 Å². The quantitative estimate of drug-likeness (QED) is 0.718. The Bertz CT molecular complexity index is 248. The van der Waals surface area contributed by atoms with Crippen LogP contribution in [0.25, 0.3) is 0 Å². The van der Waals surface area contributed by atoms with Crippen LogP contribution in [0.5, 0.6) is 0 Å². The van der Waals surface area contributed by atoms with Crippen molar-refractivity contribution in [3.63, 3.8) is 0 Å². The van der Waals surface area contributed by atoms with E-state index < -0.39 is 0 Å². The van der Waals surface area contributed by atoms with E-state index in [1.165, 1.54) is 0 Å². The van der Waals surface area contributed by atoms with Crippen molar-refractivity contribution in [3.05, 3.63) is 0 Å². The van der Waals surface area contributed by atoms with Gasteiger partial charge < -0.3 is 15.5 Å². The van der Waals surface area contributed by atoms with Crippen LogP contribution < -0.4 is 10.6 Å². The SMILES string of the molecule is CCCNC(=O)CCC(=O)N1CCCNCC1. The van der Waals surface area contributed by atoms with Crippen molar-refractivity contribution in [2.75, 3.05) is 32.7 Å². The lowest BCUT2D eigenvalue weighted by Gasteiger charge is -2.19. The summed E-state index contributed by atoms with van der Waals surface area (Å²) in [6.07, 6.45) is 2.56. The fourth-order valence-corrected chi connectivity index (χ4v) is 1.83. The molecule has 0 unspecified atom stereocenters. The standard InChI is InChI=1S/C12H23N3O2/c1-2-6-14-11(16)4-5-12(17)15-9-3-7-13-8-10-15/h13H,2-10H2,1H3,(H,14,16). The summed E-state index contributed by atoms with van der Waals surface area (Å²) < 4.78 is 0. The fourth-order valence-electron chi connectivity index (χ4n) is 1.83. The molecule has 2 N–H and O–H groups in total. The Morgan fingerprint density at radius 2 is 2.06 bits per heavy atom. The second-order valence-electron chi connectivity index (χ2n) is 4.33. The molecule has 1 saturated heterocycles. The van der Waals surface area contributed by atoms with E-state index in [0.29, 0.717) is 19.4 Å². The molecule has 1 aliphatic heterocycles. The number of carbonyl (C=O) groups excluding carboxylic acids is 2. The number of nitrogens with one attached hydrogen (secondary N) is 2. The molecule has 98 valence electrons. The number of rotatable bonds is 5. The van der Waals surface area contributed by atoms with Crippen LogP contribution in [0.3, 0.4) is 0 Å². The van der Waals surface area contributed by atoms with E-state index in [2.05, 4.69) is 10.6 Å². The van der Waals surface area contributed by atoms with Crippen LogP contribution in [-0.4, -0.2) is 49.4 Å². The van der Waals surface area contributed by atoms with Crippen LogP contribution in [0, 0.1) is 0 Å².